The van der Waals surface area contributed by atoms with E-state index in [0.717, 1.165) is 18.5 Å². The average molecular weight is 259 g/mol. The number of aryl methyl sites for hydroxylation is 2. The van der Waals surface area contributed by atoms with E-state index in [-0.39, 0.29) is 18.4 Å². The third-order valence-electron chi connectivity index (χ3n) is 3.69. The number of nitrogens with zero attached hydrogens (tertiary/aromatic N) is 1. The van der Waals surface area contributed by atoms with Gasteiger partial charge in [0.25, 0.3) is 0 Å². The van der Waals surface area contributed by atoms with Crippen LogP contribution in [0.1, 0.15) is 23.1 Å². The van der Waals surface area contributed by atoms with Gasteiger partial charge >= 0.3 is 0 Å². The molecule has 1 N–H and O–H groups in total. The molecule has 19 heavy (non-hydrogen) atoms. The third kappa shape index (κ3) is 3.44. The normalized spacial score (nSPS) is 19.3. The van der Waals surface area contributed by atoms with E-state index in [9.17, 15) is 4.79 Å². The van der Waals surface area contributed by atoms with Crippen molar-refractivity contribution in [1.82, 2.24) is 4.90 Å². The molecule has 3 nitrogen and oxygen atoms in total. The zero-order valence-electron chi connectivity index (χ0n) is 11.6. The highest BCUT2D eigenvalue weighted by Crippen LogP contribution is 2.17. The van der Waals surface area contributed by atoms with E-state index in [2.05, 4.69) is 26.0 Å². The van der Waals surface area contributed by atoms with E-state index in [1.165, 1.54) is 11.1 Å². The van der Waals surface area contributed by atoms with Crippen LogP contribution in [0.2, 0.25) is 0 Å². The number of aliphatic hydroxyl groups excluding tert-OH is 1. The van der Waals surface area contributed by atoms with Crippen LogP contribution in [0.5, 0.6) is 0 Å². The fourth-order valence-electron chi connectivity index (χ4n) is 2.46. The fraction of sp³-hybridized carbons (Fsp3) is 0.438. The maximum Gasteiger partial charge on any atom is 0.246 e. The van der Waals surface area contributed by atoms with Gasteiger partial charge in [-0.05, 0) is 37.5 Å². The average Bonchev–Trinajstić information content (AvgIpc) is 2.86. The first-order valence-electron chi connectivity index (χ1n) is 6.75. The molecule has 1 heterocycles. The summed E-state index contributed by atoms with van der Waals surface area (Å²) in [7, 11) is 0. The topological polar surface area (TPSA) is 40.5 Å². The van der Waals surface area contributed by atoms with E-state index in [1.807, 2.05) is 12.1 Å². The summed E-state index contributed by atoms with van der Waals surface area (Å²) in [6, 6.07) is 6.20. The van der Waals surface area contributed by atoms with Gasteiger partial charge in [0.2, 0.25) is 5.91 Å². The Kier molecular flexibility index (Phi) is 4.38. The lowest BCUT2D eigenvalue weighted by Gasteiger charge is -2.13. The van der Waals surface area contributed by atoms with Crippen LogP contribution in [0.25, 0.3) is 6.08 Å². The minimum absolute atomic E-state index is 0.0379. The molecule has 1 aromatic rings. The van der Waals surface area contributed by atoms with Gasteiger partial charge in [-0.25, -0.2) is 0 Å². The Labute approximate surface area is 114 Å². The molecule has 1 saturated heterocycles. The van der Waals surface area contributed by atoms with E-state index in [0.29, 0.717) is 6.54 Å². The van der Waals surface area contributed by atoms with Crippen molar-refractivity contribution < 1.29 is 9.90 Å². The molecule has 1 aliphatic heterocycles. The van der Waals surface area contributed by atoms with Crippen molar-refractivity contribution >= 4 is 12.0 Å². The van der Waals surface area contributed by atoms with Gasteiger partial charge in [0.1, 0.15) is 0 Å². The summed E-state index contributed by atoms with van der Waals surface area (Å²) in [5.74, 6) is 0.286. The molecule has 0 aromatic heterocycles. The third-order valence-corrected chi connectivity index (χ3v) is 3.69. The molecule has 2 rings (SSSR count). The van der Waals surface area contributed by atoms with Crippen LogP contribution in [0.3, 0.4) is 0 Å². The summed E-state index contributed by atoms with van der Waals surface area (Å²) in [6.07, 6.45) is 4.42. The van der Waals surface area contributed by atoms with Gasteiger partial charge in [-0.1, -0.05) is 23.8 Å². The number of rotatable bonds is 3. The fourth-order valence-corrected chi connectivity index (χ4v) is 2.46. The standard InChI is InChI=1S/C16H21NO2/c1-12-3-4-15(13(2)9-12)5-6-16(19)17-8-7-14(10-17)11-18/h3-6,9,14,18H,7-8,10-11H2,1-2H3. The first-order chi connectivity index (χ1) is 9.10. The van der Waals surface area contributed by atoms with Crippen LogP contribution in [0.15, 0.2) is 24.3 Å². The molecule has 1 aromatic carbocycles. The summed E-state index contributed by atoms with van der Waals surface area (Å²) < 4.78 is 0. The zero-order valence-corrected chi connectivity index (χ0v) is 11.6. The van der Waals surface area contributed by atoms with Crippen molar-refractivity contribution in [2.24, 2.45) is 5.92 Å². The van der Waals surface area contributed by atoms with E-state index < -0.39 is 0 Å². The maximum atomic E-state index is 12.0. The summed E-state index contributed by atoms with van der Waals surface area (Å²) in [6.45, 7) is 5.71. The molecular weight excluding hydrogens is 238 g/mol. The molecule has 0 bridgehead atoms. The second-order valence-corrected chi connectivity index (χ2v) is 5.31. The lowest BCUT2D eigenvalue weighted by molar-refractivity contribution is -0.125. The number of amides is 1. The molecule has 0 spiro atoms. The Morgan fingerprint density at radius 2 is 2.26 bits per heavy atom. The summed E-state index contributed by atoms with van der Waals surface area (Å²) >= 11 is 0. The van der Waals surface area contributed by atoms with Crippen LogP contribution in [-0.2, 0) is 4.79 Å². The molecule has 1 aliphatic rings. The Balaban J connectivity index is 2.00. The predicted molar refractivity (Wildman–Crippen MR) is 76.7 cm³/mol. The van der Waals surface area contributed by atoms with Crippen molar-refractivity contribution in [1.29, 1.82) is 0 Å². The quantitative estimate of drug-likeness (QED) is 0.845. The van der Waals surface area contributed by atoms with E-state index >= 15 is 0 Å². The van der Waals surface area contributed by atoms with Gasteiger partial charge < -0.3 is 10.0 Å². The highest BCUT2D eigenvalue weighted by molar-refractivity contribution is 5.92. The first kappa shape index (κ1) is 13.8. The molecule has 0 radical (unpaired) electrons. The number of aliphatic hydroxyl groups is 1. The summed E-state index contributed by atoms with van der Waals surface area (Å²) in [4.78, 5) is 13.8. The summed E-state index contributed by atoms with van der Waals surface area (Å²) in [5, 5.41) is 9.08. The van der Waals surface area contributed by atoms with Crippen molar-refractivity contribution in [2.45, 2.75) is 20.3 Å². The maximum absolute atomic E-state index is 12.0. The van der Waals surface area contributed by atoms with Gasteiger partial charge in [-0.2, -0.15) is 0 Å². The number of carbonyl (C=O) groups is 1. The predicted octanol–water partition coefficient (Wildman–Crippen LogP) is 2.16. The van der Waals surface area contributed by atoms with Gasteiger partial charge in [0.15, 0.2) is 0 Å². The van der Waals surface area contributed by atoms with E-state index in [4.69, 9.17) is 5.11 Å². The van der Waals surface area contributed by atoms with Crippen LogP contribution in [0, 0.1) is 19.8 Å². The Bertz CT molecular complexity index is 494. The van der Waals surface area contributed by atoms with E-state index in [1.54, 1.807) is 11.0 Å². The number of hydrogen-bond donors (Lipinski definition) is 1. The number of benzene rings is 1. The molecule has 1 fully saturated rings. The molecule has 102 valence electrons. The van der Waals surface area contributed by atoms with Crippen molar-refractivity contribution in [3.8, 4) is 0 Å². The smallest absolute Gasteiger partial charge is 0.246 e. The highest BCUT2D eigenvalue weighted by atomic mass is 16.3. The van der Waals surface area contributed by atoms with Crippen LogP contribution < -0.4 is 0 Å². The van der Waals surface area contributed by atoms with Crippen molar-refractivity contribution in [2.75, 3.05) is 19.7 Å². The molecule has 0 aliphatic carbocycles. The van der Waals surface area contributed by atoms with Gasteiger partial charge in [0.05, 0.1) is 0 Å². The van der Waals surface area contributed by atoms with Crippen LogP contribution >= 0.6 is 0 Å². The zero-order chi connectivity index (χ0) is 13.8. The Morgan fingerprint density at radius 3 is 2.89 bits per heavy atom. The summed E-state index contributed by atoms with van der Waals surface area (Å²) in [5.41, 5.74) is 3.49. The number of likely N-dealkylation sites (tertiary alicyclic amines) is 1. The Hall–Kier alpha value is -1.61. The molecule has 1 amide bonds. The number of hydrogen-bond acceptors (Lipinski definition) is 2. The molecule has 0 saturated carbocycles. The molecule has 1 unspecified atom stereocenters. The minimum Gasteiger partial charge on any atom is -0.396 e. The molecule has 3 heteroatoms. The molecular formula is C16H21NO2. The highest BCUT2D eigenvalue weighted by Gasteiger charge is 2.23. The monoisotopic (exact) mass is 259 g/mol. The lowest BCUT2D eigenvalue weighted by atomic mass is 10.1. The SMILES string of the molecule is Cc1ccc(C=CC(=O)N2CCC(CO)C2)c(C)c1. The lowest BCUT2D eigenvalue weighted by Crippen LogP contribution is -2.27. The Morgan fingerprint density at radius 1 is 1.47 bits per heavy atom. The number of carbonyl (C=O) groups excluding carboxylic acids is 1. The second kappa shape index (κ2) is 6.02. The van der Waals surface area contributed by atoms with Crippen LogP contribution in [-0.4, -0.2) is 35.6 Å². The largest absolute Gasteiger partial charge is 0.396 e. The van der Waals surface area contributed by atoms with Gasteiger partial charge in [-0.15, -0.1) is 0 Å². The van der Waals surface area contributed by atoms with Gasteiger partial charge in [0, 0.05) is 31.7 Å². The van der Waals surface area contributed by atoms with Crippen molar-refractivity contribution in [3.05, 3.63) is 41.0 Å². The van der Waals surface area contributed by atoms with Gasteiger partial charge in [-0.3, -0.25) is 4.79 Å². The molecule has 1 atom stereocenters. The van der Waals surface area contributed by atoms with Crippen LogP contribution in [0.4, 0.5) is 0 Å². The first-order valence-corrected chi connectivity index (χ1v) is 6.75. The van der Waals surface area contributed by atoms with Crippen molar-refractivity contribution in [3.63, 3.8) is 0 Å². The second-order valence-electron chi connectivity index (χ2n) is 5.31. The minimum atomic E-state index is 0.0379.